The lowest BCUT2D eigenvalue weighted by Gasteiger charge is -2.15. The van der Waals surface area contributed by atoms with Gasteiger partial charge in [0.1, 0.15) is 6.04 Å². The van der Waals surface area contributed by atoms with Crippen LogP contribution < -0.4 is 10.8 Å². The zero-order valence-corrected chi connectivity index (χ0v) is 17.2. The molecule has 2 amide bonds. The summed E-state index contributed by atoms with van der Waals surface area (Å²) in [4.78, 5) is 34.0. The number of rotatable bonds is 15. The monoisotopic (exact) mass is 417 g/mol. The van der Waals surface area contributed by atoms with Gasteiger partial charge in [-0.3, -0.25) is 19.6 Å². The number of unbranched alkanes of at least 4 members (excludes halogenated alkanes) is 6. The fourth-order valence-corrected chi connectivity index (χ4v) is 3.13. The van der Waals surface area contributed by atoms with Crippen molar-refractivity contribution in [3.63, 3.8) is 0 Å². The summed E-state index contributed by atoms with van der Waals surface area (Å²) < 4.78 is 0. The summed E-state index contributed by atoms with van der Waals surface area (Å²) in [6.45, 7) is 0. The van der Waals surface area contributed by atoms with Crippen LogP contribution in [0, 0.1) is 11.3 Å². The second-order valence-corrected chi connectivity index (χ2v) is 7.31. The lowest BCUT2D eigenvalue weighted by Crippen LogP contribution is -2.46. The number of carbonyl (C=O) groups is 3. The maximum absolute atomic E-state index is 11.9. The number of amides is 2. The number of aryl methyl sites for hydroxylation is 1. The van der Waals surface area contributed by atoms with E-state index in [0.717, 1.165) is 44.9 Å². The average molecular weight is 418 g/mol. The number of hydrogen-bond acceptors (Lipinski definition) is 5. The maximum Gasteiger partial charge on any atom is 0.303 e. The number of benzene rings is 1. The van der Waals surface area contributed by atoms with E-state index in [4.69, 9.17) is 15.6 Å². The van der Waals surface area contributed by atoms with Crippen LogP contribution in [-0.4, -0.2) is 34.1 Å². The van der Waals surface area contributed by atoms with Gasteiger partial charge in [-0.05, 0) is 43.4 Å². The Balaban J connectivity index is 2.07. The highest BCUT2D eigenvalue weighted by atomic mass is 16.5. The van der Waals surface area contributed by atoms with Crippen molar-refractivity contribution in [2.45, 2.75) is 76.7 Å². The number of carboxylic acids is 1. The normalized spacial score (nSPS) is 11.3. The minimum atomic E-state index is -1.07. The summed E-state index contributed by atoms with van der Waals surface area (Å²) in [5.74, 6) is -2.21. The second-order valence-electron chi connectivity index (χ2n) is 7.31. The molecule has 0 aliphatic heterocycles. The molecule has 0 bridgehead atoms. The van der Waals surface area contributed by atoms with E-state index in [1.807, 2.05) is 24.3 Å². The molecule has 164 valence electrons. The zero-order valence-electron chi connectivity index (χ0n) is 17.2. The molecule has 0 spiro atoms. The highest BCUT2D eigenvalue weighted by molar-refractivity contribution is 5.87. The molecule has 30 heavy (non-hydrogen) atoms. The number of nitrogens with zero attached hydrogens (tertiary/aromatic N) is 1. The second kappa shape index (κ2) is 15.0. The largest absolute Gasteiger partial charge is 0.481 e. The van der Waals surface area contributed by atoms with Gasteiger partial charge in [0, 0.05) is 12.8 Å². The predicted octanol–water partition coefficient (Wildman–Crippen LogP) is 3.08. The van der Waals surface area contributed by atoms with E-state index in [0.29, 0.717) is 12.0 Å². The van der Waals surface area contributed by atoms with E-state index in [2.05, 4.69) is 11.4 Å². The molecule has 0 aliphatic rings. The Morgan fingerprint density at radius 1 is 0.933 bits per heavy atom. The predicted molar refractivity (Wildman–Crippen MR) is 111 cm³/mol. The number of nitriles is 1. The van der Waals surface area contributed by atoms with Gasteiger partial charge in [-0.25, -0.2) is 5.48 Å². The molecule has 1 aromatic rings. The van der Waals surface area contributed by atoms with Crippen LogP contribution in [0.2, 0.25) is 0 Å². The first-order valence-electron chi connectivity index (χ1n) is 10.4. The van der Waals surface area contributed by atoms with E-state index in [1.165, 1.54) is 11.0 Å². The molecular formula is C22H31N3O5. The van der Waals surface area contributed by atoms with Crippen molar-refractivity contribution in [3.05, 3.63) is 35.4 Å². The van der Waals surface area contributed by atoms with Crippen LogP contribution in [0.3, 0.4) is 0 Å². The summed E-state index contributed by atoms with van der Waals surface area (Å²) >= 11 is 0. The first-order valence-corrected chi connectivity index (χ1v) is 10.4. The van der Waals surface area contributed by atoms with Crippen molar-refractivity contribution >= 4 is 17.8 Å². The third-order valence-electron chi connectivity index (χ3n) is 4.86. The zero-order chi connectivity index (χ0) is 22.2. The summed E-state index contributed by atoms with van der Waals surface area (Å²) in [5, 5.41) is 28.6. The molecule has 1 rings (SSSR count). The van der Waals surface area contributed by atoms with Crippen LogP contribution in [-0.2, 0) is 20.8 Å². The molecule has 8 heteroatoms. The van der Waals surface area contributed by atoms with Crippen molar-refractivity contribution in [3.8, 4) is 6.07 Å². The van der Waals surface area contributed by atoms with Gasteiger partial charge >= 0.3 is 5.97 Å². The van der Waals surface area contributed by atoms with Gasteiger partial charge in [0.15, 0.2) is 0 Å². The van der Waals surface area contributed by atoms with Crippen LogP contribution in [0.5, 0.6) is 0 Å². The number of carbonyl (C=O) groups excluding carboxylic acids is 2. The Morgan fingerprint density at radius 3 is 2.10 bits per heavy atom. The summed E-state index contributed by atoms with van der Waals surface area (Å²) in [6.07, 6.45) is 8.06. The Kier molecular flexibility index (Phi) is 12.6. The third-order valence-corrected chi connectivity index (χ3v) is 4.86. The van der Waals surface area contributed by atoms with Gasteiger partial charge in [0.2, 0.25) is 5.91 Å². The van der Waals surface area contributed by atoms with E-state index in [-0.39, 0.29) is 25.2 Å². The topological polar surface area (TPSA) is 140 Å². The maximum atomic E-state index is 11.9. The first kappa shape index (κ1) is 25.1. The van der Waals surface area contributed by atoms with Gasteiger partial charge in [-0.2, -0.15) is 5.26 Å². The first-order chi connectivity index (χ1) is 14.5. The van der Waals surface area contributed by atoms with E-state index in [1.54, 1.807) is 0 Å². The number of aliphatic carboxylic acids is 1. The smallest absolute Gasteiger partial charge is 0.303 e. The van der Waals surface area contributed by atoms with Crippen LogP contribution in [0.25, 0.3) is 0 Å². The fourth-order valence-electron chi connectivity index (χ4n) is 3.13. The lowest BCUT2D eigenvalue weighted by molar-refractivity contribution is -0.139. The highest BCUT2D eigenvalue weighted by Gasteiger charge is 2.21. The van der Waals surface area contributed by atoms with Crippen LogP contribution in [0.1, 0.15) is 75.3 Å². The molecule has 8 nitrogen and oxygen atoms in total. The van der Waals surface area contributed by atoms with E-state index in [9.17, 15) is 14.4 Å². The molecule has 0 radical (unpaired) electrons. The average Bonchev–Trinajstić information content (AvgIpc) is 2.75. The van der Waals surface area contributed by atoms with Crippen molar-refractivity contribution < 1.29 is 24.7 Å². The molecule has 0 heterocycles. The molecule has 1 atom stereocenters. The Bertz CT molecular complexity index is 712. The molecule has 4 N–H and O–H groups in total. The molecule has 0 aromatic heterocycles. The Morgan fingerprint density at radius 2 is 1.53 bits per heavy atom. The van der Waals surface area contributed by atoms with Gasteiger partial charge in [0.25, 0.3) is 5.91 Å². The summed E-state index contributed by atoms with van der Waals surface area (Å²) in [5.41, 5.74) is 3.38. The quantitative estimate of drug-likeness (QED) is 0.196. The molecular weight excluding hydrogens is 386 g/mol. The molecule has 0 unspecified atom stereocenters. The van der Waals surface area contributed by atoms with Crippen LogP contribution in [0.15, 0.2) is 24.3 Å². The number of carboxylic acid groups (broad SMARTS) is 1. The van der Waals surface area contributed by atoms with Gasteiger partial charge in [-0.1, -0.05) is 44.2 Å². The molecule has 0 fully saturated rings. The summed E-state index contributed by atoms with van der Waals surface area (Å²) in [7, 11) is 0. The van der Waals surface area contributed by atoms with Gasteiger partial charge in [-0.15, -0.1) is 0 Å². The molecule has 0 saturated carbocycles. The standard InChI is InChI=1S/C22H31N3O5/c23-16-18-12-10-17(11-13-18)8-6-4-2-1-3-5-7-9-20(26)24-19(22(29)25-30)14-15-21(27)28/h10-13,19,30H,1-9,14-15H2,(H,24,26)(H,25,29)(H,27,28)/t19-/m1/s1. The Hall–Kier alpha value is -2.92. The van der Waals surface area contributed by atoms with Crippen molar-refractivity contribution in [2.24, 2.45) is 0 Å². The van der Waals surface area contributed by atoms with Crippen LogP contribution in [0.4, 0.5) is 0 Å². The van der Waals surface area contributed by atoms with E-state index < -0.39 is 17.9 Å². The minimum Gasteiger partial charge on any atom is -0.481 e. The number of hydrogen-bond donors (Lipinski definition) is 4. The van der Waals surface area contributed by atoms with Crippen molar-refractivity contribution in [1.29, 1.82) is 5.26 Å². The highest BCUT2D eigenvalue weighted by Crippen LogP contribution is 2.12. The SMILES string of the molecule is N#Cc1ccc(CCCCCCCCCC(=O)N[C@H](CCC(=O)O)C(=O)NO)cc1. The van der Waals surface area contributed by atoms with Crippen LogP contribution >= 0.6 is 0 Å². The number of nitrogens with one attached hydrogen (secondary N) is 2. The van der Waals surface area contributed by atoms with Crippen molar-refractivity contribution in [1.82, 2.24) is 10.8 Å². The molecule has 0 saturated heterocycles. The van der Waals surface area contributed by atoms with Gasteiger partial charge in [0.05, 0.1) is 11.6 Å². The fraction of sp³-hybridized carbons (Fsp3) is 0.545. The Labute approximate surface area is 177 Å². The molecule has 1 aromatic carbocycles. The number of hydroxylamine groups is 1. The third kappa shape index (κ3) is 11.2. The minimum absolute atomic E-state index is 0.0735. The van der Waals surface area contributed by atoms with E-state index >= 15 is 0 Å². The lowest BCUT2D eigenvalue weighted by atomic mass is 10.0. The van der Waals surface area contributed by atoms with Crippen molar-refractivity contribution in [2.75, 3.05) is 0 Å². The molecule has 0 aliphatic carbocycles. The summed E-state index contributed by atoms with van der Waals surface area (Å²) in [6, 6.07) is 8.75. The van der Waals surface area contributed by atoms with Gasteiger partial charge < -0.3 is 10.4 Å².